The third kappa shape index (κ3) is 4.69. The van der Waals surface area contributed by atoms with E-state index in [2.05, 4.69) is 46.8 Å². The van der Waals surface area contributed by atoms with Gasteiger partial charge in [-0.1, -0.05) is 48.0 Å². The molecule has 0 spiro atoms. The molecule has 0 atom stereocenters. The van der Waals surface area contributed by atoms with E-state index >= 15 is 0 Å². The van der Waals surface area contributed by atoms with E-state index in [1.54, 1.807) is 18.3 Å². The molecule has 6 aromatic rings. The molecule has 37 heavy (non-hydrogen) atoms. The van der Waals surface area contributed by atoms with Crippen LogP contribution in [-0.4, -0.2) is 31.1 Å². The Labute approximate surface area is 214 Å². The van der Waals surface area contributed by atoms with Gasteiger partial charge in [-0.15, -0.1) is 0 Å². The number of nitrogens with zero attached hydrogens (tertiary/aromatic N) is 6. The maximum atomic E-state index is 13.3. The van der Waals surface area contributed by atoms with Gasteiger partial charge in [-0.3, -0.25) is 5.43 Å². The minimum Gasteiger partial charge on any atom is -0.342 e. The van der Waals surface area contributed by atoms with Crippen LogP contribution in [0.15, 0.2) is 88.7 Å². The number of hydrogen-bond acceptors (Lipinski definition) is 8. The highest BCUT2D eigenvalue weighted by Crippen LogP contribution is 2.26. The Balaban J connectivity index is 1.30. The lowest BCUT2D eigenvalue weighted by Crippen LogP contribution is -2.03. The van der Waals surface area contributed by atoms with Gasteiger partial charge in [-0.05, 0) is 52.3 Å². The van der Waals surface area contributed by atoms with Crippen LogP contribution in [0.2, 0.25) is 5.02 Å². The van der Waals surface area contributed by atoms with Crippen LogP contribution in [0.1, 0.15) is 11.1 Å². The zero-order chi connectivity index (χ0) is 25.2. The Morgan fingerprint density at radius 3 is 2.46 bits per heavy atom. The second-order valence-corrected chi connectivity index (χ2v) is 8.56. The van der Waals surface area contributed by atoms with E-state index in [1.165, 1.54) is 12.1 Å². The van der Waals surface area contributed by atoms with Crippen molar-refractivity contribution in [1.29, 1.82) is 0 Å². The van der Waals surface area contributed by atoms with Crippen molar-refractivity contribution in [2.75, 3.05) is 10.7 Å². The topological polar surface area (TPSA) is 106 Å². The van der Waals surface area contributed by atoms with E-state index < -0.39 is 0 Å². The first-order valence-electron chi connectivity index (χ1n) is 11.3. The van der Waals surface area contributed by atoms with Crippen molar-refractivity contribution < 1.29 is 9.02 Å². The summed E-state index contributed by atoms with van der Waals surface area (Å²) in [4.78, 5) is 8.80. The molecule has 6 rings (SSSR count). The van der Waals surface area contributed by atoms with Gasteiger partial charge >= 0.3 is 0 Å². The van der Waals surface area contributed by atoms with Gasteiger partial charge < -0.3 is 9.88 Å². The van der Waals surface area contributed by atoms with Crippen LogP contribution < -0.4 is 10.7 Å². The SMILES string of the molecule is Fc1ccc(Nc2nc3nonc3nc2N/N=C\c2cn(Cc3ccccc3Cl)c3ccccc23)cc1. The van der Waals surface area contributed by atoms with Crippen LogP contribution in [0, 0.1) is 5.82 Å². The van der Waals surface area contributed by atoms with Gasteiger partial charge in [0.15, 0.2) is 11.6 Å². The number of benzene rings is 3. The summed E-state index contributed by atoms with van der Waals surface area (Å²) in [7, 11) is 0. The number of nitrogens with one attached hydrogen (secondary N) is 2. The first-order valence-corrected chi connectivity index (χ1v) is 11.6. The second-order valence-electron chi connectivity index (χ2n) is 8.16. The normalized spacial score (nSPS) is 11.5. The minimum atomic E-state index is -0.343. The smallest absolute Gasteiger partial charge is 0.245 e. The van der Waals surface area contributed by atoms with Crippen LogP contribution in [0.5, 0.6) is 0 Å². The first kappa shape index (κ1) is 22.6. The summed E-state index contributed by atoms with van der Waals surface area (Å²) in [6.07, 6.45) is 3.73. The number of para-hydroxylation sites is 1. The van der Waals surface area contributed by atoms with Crippen molar-refractivity contribution in [3.05, 3.63) is 101 Å². The third-order valence-electron chi connectivity index (χ3n) is 5.71. The second kappa shape index (κ2) is 9.67. The lowest BCUT2D eigenvalue weighted by atomic mass is 10.2. The molecule has 11 heteroatoms. The predicted molar refractivity (Wildman–Crippen MR) is 141 cm³/mol. The molecular weight excluding hydrogens is 495 g/mol. The molecule has 3 heterocycles. The summed E-state index contributed by atoms with van der Waals surface area (Å²) in [6, 6.07) is 21.7. The highest BCUT2D eigenvalue weighted by Gasteiger charge is 2.13. The van der Waals surface area contributed by atoms with Crippen LogP contribution in [0.25, 0.3) is 22.2 Å². The largest absolute Gasteiger partial charge is 0.342 e. The van der Waals surface area contributed by atoms with Crippen LogP contribution in [0.3, 0.4) is 0 Å². The Morgan fingerprint density at radius 2 is 1.65 bits per heavy atom. The summed E-state index contributed by atoms with van der Waals surface area (Å²) in [6.45, 7) is 0.620. The fourth-order valence-corrected chi connectivity index (χ4v) is 4.15. The Hall–Kier alpha value is -4.83. The van der Waals surface area contributed by atoms with Gasteiger partial charge in [-0.25, -0.2) is 14.0 Å². The summed E-state index contributed by atoms with van der Waals surface area (Å²) in [5, 5.41) is 16.8. The van der Waals surface area contributed by atoms with Gasteiger partial charge in [0.25, 0.3) is 0 Å². The molecule has 0 radical (unpaired) electrons. The number of halogens is 2. The van der Waals surface area contributed by atoms with E-state index in [0.717, 1.165) is 27.1 Å². The fourth-order valence-electron chi connectivity index (χ4n) is 3.95. The number of hydrogen-bond donors (Lipinski definition) is 2. The van der Waals surface area contributed by atoms with Gasteiger partial charge in [-0.2, -0.15) is 10.1 Å². The maximum absolute atomic E-state index is 13.3. The molecule has 3 aromatic heterocycles. The van der Waals surface area contributed by atoms with Crippen molar-refractivity contribution in [3.8, 4) is 0 Å². The first-order chi connectivity index (χ1) is 18.1. The Morgan fingerprint density at radius 1 is 0.919 bits per heavy atom. The van der Waals surface area contributed by atoms with Crippen LogP contribution in [-0.2, 0) is 6.54 Å². The lowest BCUT2D eigenvalue weighted by molar-refractivity contribution is 0.314. The van der Waals surface area contributed by atoms with E-state index in [9.17, 15) is 4.39 Å². The standard InChI is InChI=1S/C26H18ClFN8O/c27-21-7-3-1-5-16(21)14-36-15-17(20-6-2-4-8-22(20)36)13-29-33-24-23(30-19-11-9-18(28)10-12-19)31-25-26(32-24)35-37-34-25/h1-13,15H,14H2,(H,30,31,34)(H,32,33,35)/b29-13-. The van der Waals surface area contributed by atoms with Crippen molar-refractivity contribution in [1.82, 2.24) is 24.8 Å². The van der Waals surface area contributed by atoms with Gasteiger partial charge in [0, 0.05) is 39.9 Å². The van der Waals surface area contributed by atoms with Crippen LogP contribution >= 0.6 is 11.6 Å². The molecule has 0 fully saturated rings. The number of anilines is 3. The molecule has 182 valence electrons. The number of hydrazone groups is 1. The van der Waals surface area contributed by atoms with E-state index in [4.69, 9.17) is 16.2 Å². The average molecular weight is 513 g/mol. The van der Waals surface area contributed by atoms with Crippen molar-refractivity contribution in [2.45, 2.75) is 6.54 Å². The molecule has 2 N–H and O–H groups in total. The van der Waals surface area contributed by atoms with Crippen molar-refractivity contribution in [3.63, 3.8) is 0 Å². The number of rotatable bonds is 7. The summed E-state index contributed by atoms with van der Waals surface area (Å²) >= 11 is 6.39. The quantitative estimate of drug-likeness (QED) is 0.199. The van der Waals surface area contributed by atoms with Gasteiger partial charge in [0.05, 0.1) is 6.21 Å². The minimum absolute atomic E-state index is 0.221. The molecule has 3 aromatic carbocycles. The van der Waals surface area contributed by atoms with E-state index in [-0.39, 0.29) is 17.1 Å². The molecule has 9 nitrogen and oxygen atoms in total. The molecule has 0 aliphatic rings. The van der Waals surface area contributed by atoms with E-state index in [1.807, 2.05) is 48.7 Å². The summed E-state index contributed by atoms with van der Waals surface area (Å²) in [5.41, 5.74) is 6.96. The fraction of sp³-hybridized carbons (Fsp3) is 0.0385. The molecule has 0 amide bonds. The highest BCUT2D eigenvalue weighted by molar-refractivity contribution is 6.31. The number of aromatic nitrogens is 5. The zero-order valence-electron chi connectivity index (χ0n) is 19.1. The van der Waals surface area contributed by atoms with Gasteiger partial charge in [0.2, 0.25) is 11.3 Å². The molecular formula is C26H18ClFN8O. The zero-order valence-corrected chi connectivity index (χ0v) is 19.9. The monoisotopic (exact) mass is 512 g/mol. The van der Waals surface area contributed by atoms with E-state index in [0.29, 0.717) is 23.9 Å². The third-order valence-corrected chi connectivity index (χ3v) is 6.08. The highest BCUT2D eigenvalue weighted by atomic mass is 35.5. The molecule has 0 saturated carbocycles. The van der Waals surface area contributed by atoms with Crippen LogP contribution in [0.4, 0.5) is 21.7 Å². The molecule has 0 unspecified atom stereocenters. The Kier molecular flexibility index (Phi) is 5.91. The van der Waals surface area contributed by atoms with Crippen molar-refractivity contribution >= 4 is 57.3 Å². The predicted octanol–water partition coefficient (Wildman–Crippen LogP) is 6.00. The molecule has 0 saturated heterocycles. The molecule has 0 bridgehead atoms. The average Bonchev–Trinajstić information content (AvgIpc) is 3.51. The summed E-state index contributed by atoms with van der Waals surface area (Å²) in [5.74, 6) is 0.279. The lowest BCUT2D eigenvalue weighted by Gasteiger charge is -2.09. The molecule has 0 aliphatic heterocycles. The molecule has 0 aliphatic carbocycles. The number of fused-ring (bicyclic) bond motifs is 2. The Bertz CT molecular complexity index is 1750. The maximum Gasteiger partial charge on any atom is 0.245 e. The van der Waals surface area contributed by atoms with Gasteiger partial charge in [0.1, 0.15) is 5.82 Å². The van der Waals surface area contributed by atoms with Crippen molar-refractivity contribution in [2.24, 2.45) is 5.10 Å². The summed E-state index contributed by atoms with van der Waals surface area (Å²) < 4.78 is 20.2.